The molecule has 0 bridgehead atoms. The van der Waals surface area contributed by atoms with Crippen molar-refractivity contribution >= 4 is 23.2 Å². The lowest BCUT2D eigenvalue weighted by atomic mass is 10.0. The predicted octanol–water partition coefficient (Wildman–Crippen LogP) is 1.64. The SMILES string of the molecule is CCN1CCN([C@@H](c2cccs2)[C@@H](C)NC(=O)C(=O)NCc2ccccn2)CC1. The number of hydrogen-bond acceptors (Lipinski definition) is 6. The van der Waals surface area contributed by atoms with Gasteiger partial charge < -0.3 is 15.5 Å². The highest BCUT2D eigenvalue weighted by Crippen LogP contribution is 2.29. The van der Waals surface area contributed by atoms with Crippen LogP contribution in [0, 0.1) is 0 Å². The molecule has 7 nitrogen and oxygen atoms in total. The molecule has 1 fully saturated rings. The number of carbonyl (C=O) groups is 2. The molecule has 29 heavy (non-hydrogen) atoms. The molecule has 1 aliphatic rings. The molecule has 0 aromatic carbocycles. The topological polar surface area (TPSA) is 77.6 Å². The summed E-state index contributed by atoms with van der Waals surface area (Å²) in [5.74, 6) is -1.24. The van der Waals surface area contributed by atoms with Crippen LogP contribution in [0.2, 0.25) is 0 Å². The molecule has 1 saturated heterocycles. The van der Waals surface area contributed by atoms with Crippen molar-refractivity contribution in [1.29, 1.82) is 0 Å². The first-order valence-corrected chi connectivity index (χ1v) is 10.9. The van der Waals surface area contributed by atoms with Crippen molar-refractivity contribution in [2.75, 3.05) is 32.7 Å². The maximum absolute atomic E-state index is 12.5. The van der Waals surface area contributed by atoms with Gasteiger partial charge in [0, 0.05) is 43.3 Å². The van der Waals surface area contributed by atoms with Crippen molar-refractivity contribution in [2.45, 2.75) is 32.5 Å². The van der Waals surface area contributed by atoms with Gasteiger partial charge in [0.2, 0.25) is 0 Å². The summed E-state index contributed by atoms with van der Waals surface area (Å²) in [5, 5.41) is 7.60. The molecule has 2 N–H and O–H groups in total. The summed E-state index contributed by atoms with van der Waals surface area (Å²) in [6, 6.07) is 9.47. The summed E-state index contributed by atoms with van der Waals surface area (Å²) in [5.41, 5.74) is 0.715. The third-order valence-corrected chi connectivity index (χ3v) is 6.22. The van der Waals surface area contributed by atoms with E-state index in [0.717, 1.165) is 32.7 Å². The standard InChI is InChI=1S/C21H29N5O2S/c1-3-25-10-12-26(13-11-25)19(18-8-6-14-29-18)16(2)24-21(28)20(27)23-15-17-7-4-5-9-22-17/h4-9,14,16,19H,3,10-13,15H2,1-2H3,(H,23,27)(H,24,28)/t16-,19-/m1/s1. The Labute approximate surface area is 176 Å². The van der Waals surface area contributed by atoms with E-state index < -0.39 is 11.8 Å². The molecular formula is C21H29N5O2S. The van der Waals surface area contributed by atoms with Gasteiger partial charge in [0.15, 0.2) is 0 Å². The zero-order valence-corrected chi connectivity index (χ0v) is 17.8. The van der Waals surface area contributed by atoms with Crippen LogP contribution in [0.3, 0.4) is 0 Å². The second-order valence-corrected chi connectivity index (χ2v) is 8.18. The maximum atomic E-state index is 12.5. The summed E-state index contributed by atoms with van der Waals surface area (Å²) >= 11 is 1.69. The van der Waals surface area contributed by atoms with Crippen molar-refractivity contribution in [2.24, 2.45) is 0 Å². The molecule has 2 amide bonds. The number of nitrogens with zero attached hydrogens (tertiary/aromatic N) is 3. The van der Waals surface area contributed by atoms with Crippen LogP contribution in [0.1, 0.15) is 30.5 Å². The van der Waals surface area contributed by atoms with Gasteiger partial charge in [0.05, 0.1) is 18.3 Å². The van der Waals surface area contributed by atoms with E-state index in [4.69, 9.17) is 0 Å². The van der Waals surface area contributed by atoms with Gasteiger partial charge in [0.25, 0.3) is 0 Å². The Morgan fingerprint density at radius 3 is 2.55 bits per heavy atom. The monoisotopic (exact) mass is 415 g/mol. The van der Waals surface area contributed by atoms with Gasteiger partial charge in [-0.25, -0.2) is 0 Å². The Bertz CT molecular complexity index is 776. The maximum Gasteiger partial charge on any atom is 0.309 e. The highest BCUT2D eigenvalue weighted by Gasteiger charge is 2.31. The van der Waals surface area contributed by atoms with E-state index in [1.165, 1.54) is 4.88 Å². The molecule has 2 atom stereocenters. The van der Waals surface area contributed by atoms with E-state index in [-0.39, 0.29) is 18.6 Å². The molecule has 0 aliphatic carbocycles. The Balaban J connectivity index is 1.59. The second kappa shape index (κ2) is 10.5. The molecule has 0 radical (unpaired) electrons. The fourth-order valence-corrected chi connectivity index (χ4v) is 4.63. The van der Waals surface area contributed by atoms with Crippen molar-refractivity contribution in [3.05, 3.63) is 52.5 Å². The molecule has 0 spiro atoms. The molecule has 1 aliphatic heterocycles. The average Bonchev–Trinajstić information content (AvgIpc) is 3.27. The van der Waals surface area contributed by atoms with Crippen LogP contribution in [0.25, 0.3) is 0 Å². The Kier molecular flexibility index (Phi) is 7.74. The van der Waals surface area contributed by atoms with Gasteiger partial charge in [-0.2, -0.15) is 0 Å². The lowest BCUT2D eigenvalue weighted by Gasteiger charge is -2.41. The number of aromatic nitrogens is 1. The number of rotatable bonds is 7. The van der Waals surface area contributed by atoms with Crippen molar-refractivity contribution in [3.8, 4) is 0 Å². The van der Waals surface area contributed by atoms with Crippen LogP contribution in [-0.2, 0) is 16.1 Å². The largest absolute Gasteiger partial charge is 0.343 e. The minimum Gasteiger partial charge on any atom is -0.343 e. The fraction of sp³-hybridized carbons (Fsp3) is 0.476. The molecule has 3 rings (SSSR count). The summed E-state index contributed by atoms with van der Waals surface area (Å²) in [4.78, 5) is 34.9. The first kappa shape index (κ1) is 21.4. The van der Waals surface area contributed by atoms with Crippen LogP contribution in [-0.4, -0.2) is 65.4 Å². The Morgan fingerprint density at radius 2 is 1.93 bits per heavy atom. The van der Waals surface area contributed by atoms with Crippen LogP contribution in [0.15, 0.2) is 41.9 Å². The number of thiophene rings is 1. The van der Waals surface area contributed by atoms with E-state index in [9.17, 15) is 9.59 Å². The highest BCUT2D eigenvalue weighted by atomic mass is 32.1. The lowest BCUT2D eigenvalue weighted by molar-refractivity contribution is -0.140. The highest BCUT2D eigenvalue weighted by molar-refractivity contribution is 7.10. The summed E-state index contributed by atoms with van der Waals surface area (Å²) < 4.78 is 0. The molecule has 156 valence electrons. The quantitative estimate of drug-likeness (QED) is 0.673. The average molecular weight is 416 g/mol. The fourth-order valence-electron chi connectivity index (χ4n) is 3.66. The number of likely N-dealkylation sites (N-methyl/N-ethyl adjacent to an activating group) is 1. The summed E-state index contributed by atoms with van der Waals surface area (Å²) in [6.45, 7) is 9.37. The summed E-state index contributed by atoms with van der Waals surface area (Å²) in [7, 11) is 0. The number of hydrogen-bond donors (Lipinski definition) is 2. The first-order chi connectivity index (χ1) is 14.1. The number of amides is 2. The molecule has 0 saturated carbocycles. The first-order valence-electron chi connectivity index (χ1n) is 10.1. The smallest absolute Gasteiger partial charge is 0.309 e. The van der Waals surface area contributed by atoms with Gasteiger partial charge >= 0.3 is 11.8 Å². The molecule has 0 unspecified atom stereocenters. The molecule has 2 aromatic rings. The van der Waals surface area contributed by atoms with Gasteiger partial charge in [-0.05, 0) is 37.0 Å². The van der Waals surface area contributed by atoms with E-state index in [0.29, 0.717) is 5.69 Å². The Hall–Kier alpha value is -2.29. The van der Waals surface area contributed by atoms with Crippen LogP contribution < -0.4 is 10.6 Å². The minimum atomic E-state index is -0.636. The number of nitrogens with one attached hydrogen (secondary N) is 2. The summed E-state index contributed by atoms with van der Waals surface area (Å²) in [6.07, 6.45) is 1.66. The van der Waals surface area contributed by atoms with Crippen LogP contribution >= 0.6 is 11.3 Å². The van der Waals surface area contributed by atoms with Gasteiger partial charge in [-0.3, -0.25) is 19.5 Å². The van der Waals surface area contributed by atoms with Gasteiger partial charge in [-0.1, -0.05) is 19.1 Å². The second-order valence-electron chi connectivity index (χ2n) is 7.20. The zero-order valence-electron chi connectivity index (χ0n) is 17.0. The van der Waals surface area contributed by atoms with E-state index in [1.807, 2.05) is 31.2 Å². The number of carbonyl (C=O) groups excluding carboxylic acids is 2. The lowest BCUT2D eigenvalue weighted by Crippen LogP contribution is -2.53. The van der Waals surface area contributed by atoms with E-state index in [1.54, 1.807) is 17.5 Å². The third-order valence-electron chi connectivity index (χ3n) is 5.28. The third kappa shape index (κ3) is 5.85. The number of pyridine rings is 1. The molecule has 3 heterocycles. The molecular weight excluding hydrogens is 386 g/mol. The van der Waals surface area contributed by atoms with Crippen molar-refractivity contribution < 1.29 is 9.59 Å². The van der Waals surface area contributed by atoms with Gasteiger partial charge in [-0.15, -0.1) is 11.3 Å². The van der Waals surface area contributed by atoms with Crippen LogP contribution in [0.5, 0.6) is 0 Å². The van der Waals surface area contributed by atoms with E-state index in [2.05, 4.69) is 43.8 Å². The molecule has 8 heteroatoms. The Morgan fingerprint density at radius 1 is 1.14 bits per heavy atom. The molecule has 2 aromatic heterocycles. The zero-order chi connectivity index (χ0) is 20.6. The van der Waals surface area contributed by atoms with Gasteiger partial charge in [0.1, 0.15) is 0 Å². The van der Waals surface area contributed by atoms with Crippen LogP contribution in [0.4, 0.5) is 0 Å². The van der Waals surface area contributed by atoms with Crippen molar-refractivity contribution in [1.82, 2.24) is 25.4 Å². The van der Waals surface area contributed by atoms with E-state index >= 15 is 0 Å². The number of piperazine rings is 1. The van der Waals surface area contributed by atoms with Crippen molar-refractivity contribution in [3.63, 3.8) is 0 Å². The predicted molar refractivity (Wildman–Crippen MR) is 114 cm³/mol. The normalized spacial score (nSPS) is 17.4. The minimum absolute atomic E-state index is 0.0570.